The highest BCUT2D eigenvalue weighted by Crippen LogP contribution is 2.26. The lowest BCUT2D eigenvalue weighted by atomic mass is 9.94. The third kappa shape index (κ3) is 3.97. The van der Waals surface area contributed by atoms with Crippen LogP contribution < -0.4 is 10.1 Å². The first-order valence-electron chi connectivity index (χ1n) is 8.55. The van der Waals surface area contributed by atoms with Gasteiger partial charge in [0.15, 0.2) is 11.5 Å². The number of rotatable bonds is 4. The molecule has 1 aliphatic rings. The van der Waals surface area contributed by atoms with Crippen LogP contribution >= 0.6 is 12.4 Å². The summed E-state index contributed by atoms with van der Waals surface area (Å²) in [4.78, 5) is 8.73. The number of nitrogens with one attached hydrogen (secondary N) is 1. The average Bonchev–Trinajstić information content (AvgIpc) is 2.99. The molecule has 1 aromatic carbocycles. The molecule has 1 aliphatic heterocycles. The molecule has 1 fully saturated rings. The molecule has 0 saturated carbocycles. The van der Waals surface area contributed by atoms with Crippen molar-refractivity contribution in [3.63, 3.8) is 0 Å². The summed E-state index contributed by atoms with van der Waals surface area (Å²) < 4.78 is 25.4. The third-order valence-electron chi connectivity index (χ3n) is 4.54. The Balaban J connectivity index is 0.00000196. The molecule has 0 radical (unpaired) electrons. The van der Waals surface area contributed by atoms with Gasteiger partial charge in [0.1, 0.15) is 17.9 Å². The number of aromatic nitrogens is 2. The lowest BCUT2D eigenvalue weighted by Gasteiger charge is -2.22. The molecular formula is C19H21ClFN3O2. The Hall–Kier alpha value is -2.18. The molecule has 0 amide bonds. The van der Waals surface area contributed by atoms with E-state index in [1.165, 1.54) is 6.07 Å². The second-order valence-electron chi connectivity index (χ2n) is 6.36. The van der Waals surface area contributed by atoms with Gasteiger partial charge in [-0.1, -0.05) is 6.07 Å². The van der Waals surface area contributed by atoms with Crippen LogP contribution in [-0.4, -0.2) is 23.1 Å². The molecule has 2 aromatic heterocycles. The van der Waals surface area contributed by atoms with Crippen molar-refractivity contribution in [1.82, 2.24) is 15.3 Å². The number of ether oxygens (including phenoxy) is 1. The fraction of sp³-hybridized carbons (Fsp3) is 0.368. The summed E-state index contributed by atoms with van der Waals surface area (Å²) in [5, 5.41) is 3.35. The monoisotopic (exact) mass is 377 g/mol. The van der Waals surface area contributed by atoms with E-state index in [1.807, 2.05) is 12.1 Å². The summed E-state index contributed by atoms with van der Waals surface area (Å²) in [5.74, 6) is 1.14. The van der Waals surface area contributed by atoms with E-state index >= 15 is 0 Å². The highest BCUT2D eigenvalue weighted by Gasteiger charge is 2.17. The number of hydrogen-bond donors (Lipinski definition) is 1. The molecule has 1 saturated heterocycles. The van der Waals surface area contributed by atoms with Crippen LogP contribution in [0.5, 0.6) is 5.88 Å². The number of fused-ring (bicyclic) bond motifs is 1. The Morgan fingerprint density at radius 3 is 2.85 bits per heavy atom. The molecule has 4 rings (SSSR count). The highest BCUT2D eigenvalue weighted by molar-refractivity contribution is 5.85. The smallest absolute Gasteiger partial charge is 0.213 e. The maximum atomic E-state index is 14.2. The van der Waals surface area contributed by atoms with E-state index in [0.717, 1.165) is 31.6 Å². The van der Waals surface area contributed by atoms with Crippen molar-refractivity contribution in [2.45, 2.75) is 32.3 Å². The molecule has 0 spiro atoms. The van der Waals surface area contributed by atoms with Crippen LogP contribution in [0.15, 0.2) is 34.7 Å². The summed E-state index contributed by atoms with van der Waals surface area (Å²) in [6, 6.07) is 8.80. The fourth-order valence-corrected chi connectivity index (χ4v) is 3.22. The van der Waals surface area contributed by atoms with E-state index < -0.39 is 0 Å². The Bertz CT molecular complexity index is 894. The molecule has 5 nitrogen and oxygen atoms in total. The molecule has 3 heterocycles. The quantitative estimate of drug-likeness (QED) is 0.740. The Morgan fingerprint density at radius 2 is 2.04 bits per heavy atom. The topological polar surface area (TPSA) is 60.2 Å². The van der Waals surface area contributed by atoms with Crippen LogP contribution in [0.25, 0.3) is 11.1 Å². The van der Waals surface area contributed by atoms with Gasteiger partial charge >= 0.3 is 0 Å². The molecule has 0 unspecified atom stereocenters. The largest absolute Gasteiger partial charge is 0.473 e. The Morgan fingerprint density at radius 1 is 1.23 bits per heavy atom. The Labute approximate surface area is 157 Å². The zero-order valence-electron chi connectivity index (χ0n) is 14.5. The number of pyridine rings is 1. The van der Waals surface area contributed by atoms with Crippen molar-refractivity contribution in [3.8, 4) is 5.88 Å². The molecule has 7 heteroatoms. The lowest BCUT2D eigenvalue weighted by Crippen LogP contribution is -2.27. The lowest BCUT2D eigenvalue weighted by molar-refractivity contribution is 0.286. The van der Waals surface area contributed by atoms with Gasteiger partial charge < -0.3 is 14.5 Å². The molecule has 26 heavy (non-hydrogen) atoms. The normalized spacial score (nSPS) is 15.0. The van der Waals surface area contributed by atoms with Gasteiger partial charge in [-0.25, -0.2) is 14.4 Å². The number of nitrogens with zero attached hydrogens (tertiary/aromatic N) is 2. The van der Waals surface area contributed by atoms with E-state index in [4.69, 9.17) is 9.15 Å². The summed E-state index contributed by atoms with van der Waals surface area (Å²) >= 11 is 0. The second-order valence-corrected chi connectivity index (χ2v) is 6.36. The van der Waals surface area contributed by atoms with Crippen molar-refractivity contribution in [2.75, 3.05) is 13.1 Å². The summed E-state index contributed by atoms with van der Waals surface area (Å²) in [6.07, 6.45) is 2.15. The second kappa shape index (κ2) is 8.01. The minimum absolute atomic E-state index is 0. The van der Waals surface area contributed by atoms with Gasteiger partial charge in [-0.3, -0.25) is 0 Å². The average molecular weight is 378 g/mol. The standard InChI is InChI=1S/C19H20FN3O2.ClH/c1-12-22-17-10-15(20)14(9-18(17)25-12)11-24-19-4-2-3-16(23-19)13-5-7-21-8-6-13;/h2-4,9-10,13,21H,5-8,11H2,1H3;1H. The molecule has 3 aromatic rings. The zero-order chi connectivity index (χ0) is 17.2. The van der Waals surface area contributed by atoms with Gasteiger partial charge in [-0.05, 0) is 38.1 Å². The van der Waals surface area contributed by atoms with Crippen molar-refractivity contribution < 1.29 is 13.5 Å². The van der Waals surface area contributed by atoms with E-state index in [0.29, 0.717) is 34.4 Å². The molecule has 0 aliphatic carbocycles. The first-order chi connectivity index (χ1) is 12.2. The van der Waals surface area contributed by atoms with Crippen LogP contribution in [0.2, 0.25) is 0 Å². The van der Waals surface area contributed by atoms with Gasteiger partial charge in [0.2, 0.25) is 5.88 Å². The zero-order valence-corrected chi connectivity index (χ0v) is 15.3. The molecule has 1 N–H and O–H groups in total. The van der Waals surface area contributed by atoms with E-state index in [9.17, 15) is 4.39 Å². The van der Waals surface area contributed by atoms with Crippen molar-refractivity contribution in [3.05, 3.63) is 53.3 Å². The van der Waals surface area contributed by atoms with Crippen LogP contribution in [0.1, 0.15) is 35.9 Å². The minimum atomic E-state index is -0.352. The van der Waals surface area contributed by atoms with Crippen LogP contribution in [0.4, 0.5) is 4.39 Å². The SMILES string of the molecule is Cc1nc2cc(F)c(COc3cccc(C4CCNCC4)n3)cc2o1.Cl. The summed E-state index contributed by atoms with van der Waals surface area (Å²) in [6.45, 7) is 3.87. The van der Waals surface area contributed by atoms with Crippen molar-refractivity contribution in [1.29, 1.82) is 0 Å². The number of aryl methyl sites for hydroxylation is 1. The number of oxazole rings is 1. The van der Waals surface area contributed by atoms with E-state index in [-0.39, 0.29) is 24.8 Å². The number of hydrogen-bond acceptors (Lipinski definition) is 5. The molecular weight excluding hydrogens is 357 g/mol. The number of piperidine rings is 1. The van der Waals surface area contributed by atoms with Crippen LogP contribution in [0.3, 0.4) is 0 Å². The number of halogens is 2. The summed E-state index contributed by atoms with van der Waals surface area (Å²) in [5.41, 5.74) is 2.55. The Kier molecular flexibility index (Phi) is 5.74. The fourth-order valence-electron chi connectivity index (χ4n) is 3.22. The minimum Gasteiger partial charge on any atom is -0.473 e. The van der Waals surface area contributed by atoms with Gasteiger partial charge in [0.25, 0.3) is 0 Å². The first kappa shape index (κ1) is 18.6. The van der Waals surface area contributed by atoms with E-state index in [1.54, 1.807) is 19.1 Å². The summed E-state index contributed by atoms with van der Waals surface area (Å²) in [7, 11) is 0. The highest BCUT2D eigenvalue weighted by atomic mass is 35.5. The number of benzene rings is 1. The van der Waals surface area contributed by atoms with Gasteiger partial charge in [0.05, 0.1) is 0 Å². The van der Waals surface area contributed by atoms with Crippen molar-refractivity contribution >= 4 is 23.5 Å². The maximum Gasteiger partial charge on any atom is 0.213 e. The maximum absolute atomic E-state index is 14.2. The first-order valence-corrected chi connectivity index (χ1v) is 8.55. The van der Waals surface area contributed by atoms with Gasteiger partial charge in [-0.15, -0.1) is 12.4 Å². The molecule has 0 bridgehead atoms. The van der Waals surface area contributed by atoms with Crippen LogP contribution in [0, 0.1) is 12.7 Å². The molecule has 138 valence electrons. The predicted molar refractivity (Wildman–Crippen MR) is 99.4 cm³/mol. The van der Waals surface area contributed by atoms with Crippen molar-refractivity contribution in [2.24, 2.45) is 0 Å². The molecule has 0 atom stereocenters. The van der Waals surface area contributed by atoms with Crippen LogP contribution in [-0.2, 0) is 6.61 Å². The predicted octanol–water partition coefficient (Wildman–Crippen LogP) is 4.14. The van der Waals surface area contributed by atoms with Gasteiger partial charge in [0, 0.05) is 36.2 Å². The third-order valence-corrected chi connectivity index (χ3v) is 4.54. The van der Waals surface area contributed by atoms with Gasteiger partial charge in [-0.2, -0.15) is 0 Å². The van der Waals surface area contributed by atoms with E-state index in [2.05, 4.69) is 15.3 Å².